The fourth-order valence-electron chi connectivity index (χ4n) is 4.62. The third-order valence-corrected chi connectivity index (χ3v) is 6.37. The average molecular weight is 397 g/mol. The first-order valence-electron chi connectivity index (χ1n) is 10.8. The molecule has 1 N–H and O–H groups in total. The van der Waals surface area contributed by atoms with Crippen molar-refractivity contribution in [3.05, 3.63) is 48.3 Å². The van der Waals surface area contributed by atoms with Crippen LogP contribution in [-0.2, 0) is 24.9 Å². The topological polar surface area (TPSA) is 66.3 Å². The molecule has 2 aliphatic rings. The summed E-state index contributed by atoms with van der Waals surface area (Å²) in [4.78, 5) is 26.3. The van der Waals surface area contributed by atoms with Crippen molar-refractivity contribution in [3.8, 4) is 0 Å². The Morgan fingerprint density at radius 3 is 2.79 bits per heavy atom. The minimum absolute atomic E-state index is 0.0949. The van der Waals surface area contributed by atoms with Crippen molar-refractivity contribution in [2.75, 3.05) is 26.2 Å². The van der Waals surface area contributed by atoms with E-state index in [-0.39, 0.29) is 11.8 Å². The van der Waals surface area contributed by atoms with Crippen molar-refractivity contribution in [1.82, 2.24) is 29.7 Å². The van der Waals surface area contributed by atoms with Crippen molar-refractivity contribution in [2.24, 2.45) is 13.0 Å². The van der Waals surface area contributed by atoms with Gasteiger partial charge in [0.25, 0.3) is 0 Å². The molecular weight excluding hydrogens is 364 g/mol. The van der Waals surface area contributed by atoms with Crippen LogP contribution < -0.4 is 5.32 Å². The van der Waals surface area contributed by atoms with Gasteiger partial charge < -0.3 is 9.88 Å². The zero-order chi connectivity index (χ0) is 20.1. The van der Waals surface area contributed by atoms with Gasteiger partial charge in [0.05, 0.1) is 12.5 Å². The summed E-state index contributed by atoms with van der Waals surface area (Å²) in [6.45, 7) is 5.73. The van der Waals surface area contributed by atoms with Crippen molar-refractivity contribution >= 4 is 5.91 Å². The van der Waals surface area contributed by atoms with E-state index in [0.717, 1.165) is 51.4 Å². The summed E-state index contributed by atoms with van der Waals surface area (Å²) in [5.41, 5.74) is 1.29. The van der Waals surface area contributed by atoms with Gasteiger partial charge in [-0.3, -0.25) is 19.6 Å². The van der Waals surface area contributed by atoms with Crippen LogP contribution in [-0.4, -0.2) is 62.5 Å². The lowest BCUT2D eigenvalue weighted by Crippen LogP contribution is -2.50. The van der Waals surface area contributed by atoms with Gasteiger partial charge >= 0.3 is 0 Å². The first kappa shape index (κ1) is 20.0. The number of piperidine rings is 2. The molecule has 1 atom stereocenters. The standard InChI is InChI=1S/C22H32N6O/c1-26-13-9-24-21(26)15-25-22(29)19-5-3-10-28(17-19)20-6-11-27(12-7-20)16-18-4-2-8-23-14-18/h2,4,8-9,13-14,19-20H,3,5-7,10-12,15-17H2,1H3,(H,25,29). The molecule has 4 rings (SSSR count). The predicted molar refractivity (Wildman–Crippen MR) is 112 cm³/mol. The van der Waals surface area contributed by atoms with Gasteiger partial charge in [-0.25, -0.2) is 4.98 Å². The minimum atomic E-state index is 0.0949. The lowest BCUT2D eigenvalue weighted by molar-refractivity contribution is -0.127. The summed E-state index contributed by atoms with van der Waals surface area (Å²) in [6.07, 6.45) is 11.9. The molecule has 2 saturated heterocycles. The highest BCUT2D eigenvalue weighted by atomic mass is 16.1. The Hall–Kier alpha value is -2.25. The molecule has 0 radical (unpaired) electrons. The largest absolute Gasteiger partial charge is 0.349 e. The van der Waals surface area contributed by atoms with E-state index in [2.05, 4.69) is 31.2 Å². The summed E-state index contributed by atoms with van der Waals surface area (Å²) in [6, 6.07) is 4.76. The number of aryl methyl sites for hydroxylation is 1. The SMILES string of the molecule is Cn1ccnc1CNC(=O)C1CCCN(C2CCN(Cc3cccnc3)CC2)C1. The number of amides is 1. The van der Waals surface area contributed by atoms with E-state index in [1.54, 1.807) is 6.20 Å². The smallest absolute Gasteiger partial charge is 0.224 e. The summed E-state index contributed by atoms with van der Waals surface area (Å²) in [5, 5.41) is 3.09. The van der Waals surface area contributed by atoms with Crippen LogP contribution in [0.1, 0.15) is 37.1 Å². The Morgan fingerprint density at radius 1 is 1.21 bits per heavy atom. The van der Waals surface area contributed by atoms with E-state index in [1.807, 2.05) is 36.3 Å². The summed E-state index contributed by atoms with van der Waals surface area (Å²) in [7, 11) is 1.96. The first-order chi connectivity index (χ1) is 14.2. The quantitative estimate of drug-likeness (QED) is 0.807. The number of rotatable bonds is 6. The predicted octanol–water partition coefficient (Wildman–Crippen LogP) is 1.81. The number of likely N-dealkylation sites (tertiary alicyclic amines) is 2. The number of imidazole rings is 1. The van der Waals surface area contributed by atoms with E-state index < -0.39 is 0 Å². The molecule has 0 bridgehead atoms. The van der Waals surface area contributed by atoms with Gasteiger partial charge in [0, 0.05) is 51.0 Å². The van der Waals surface area contributed by atoms with E-state index in [0.29, 0.717) is 12.6 Å². The van der Waals surface area contributed by atoms with Crippen molar-refractivity contribution in [1.29, 1.82) is 0 Å². The van der Waals surface area contributed by atoms with Gasteiger partial charge in [-0.05, 0) is 56.9 Å². The molecule has 7 heteroatoms. The van der Waals surface area contributed by atoms with E-state index in [9.17, 15) is 4.79 Å². The number of hydrogen-bond acceptors (Lipinski definition) is 5. The molecule has 0 aliphatic carbocycles. The molecule has 0 aromatic carbocycles. The third kappa shape index (κ3) is 5.22. The van der Waals surface area contributed by atoms with Crippen molar-refractivity contribution in [3.63, 3.8) is 0 Å². The molecule has 0 spiro atoms. The molecule has 2 aromatic heterocycles. The molecule has 4 heterocycles. The van der Waals surface area contributed by atoms with Crippen LogP contribution in [0.2, 0.25) is 0 Å². The average Bonchev–Trinajstić information content (AvgIpc) is 3.18. The second kappa shape index (κ2) is 9.50. The van der Waals surface area contributed by atoms with Crippen LogP contribution >= 0.6 is 0 Å². The summed E-state index contributed by atoms with van der Waals surface area (Å²) < 4.78 is 1.95. The Kier molecular flexibility index (Phi) is 6.56. The first-order valence-corrected chi connectivity index (χ1v) is 10.8. The van der Waals surface area contributed by atoms with Gasteiger partial charge in [0.1, 0.15) is 5.82 Å². The number of pyridine rings is 1. The molecule has 2 aromatic rings. The van der Waals surface area contributed by atoms with Crippen LogP contribution in [0.5, 0.6) is 0 Å². The van der Waals surface area contributed by atoms with E-state index in [4.69, 9.17) is 0 Å². The molecule has 156 valence electrons. The molecule has 7 nitrogen and oxygen atoms in total. The minimum Gasteiger partial charge on any atom is -0.349 e. The maximum absolute atomic E-state index is 12.7. The molecular formula is C22H32N6O. The highest BCUT2D eigenvalue weighted by Gasteiger charge is 2.31. The maximum Gasteiger partial charge on any atom is 0.224 e. The summed E-state index contributed by atoms with van der Waals surface area (Å²) >= 11 is 0. The third-order valence-electron chi connectivity index (χ3n) is 6.37. The zero-order valence-electron chi connectivity index (χ0n) is 17.3. The fourth-order valence-corrected chi connectivity index (χ4v) is 4.62. The van der Waals surface area contributed by atoms with Gasteiger partial charge in [0.15, 0.2) is 0 Å². The summed E-state index contributed by atoms with van der Waals surface area (Å²) in [5.74, 6) is 1.16. The Morgan fingerprint density at radius 2 is 2.07 bits per heavy atom. The normalized spacial score (nSPS) is 21.9. The van der Waals surface area contributed by atoms with E-state index in [1.165, 1.54) is 18.4 Å². The van der Waals surface area contributed by atoms with Crippen LogP contribution in [0.3, 0.4) is 0 Å². The Labute approximate surface area is 173 Å². The van der Waals surface area contributed by atoms with Crippen molar-refractivity contribution in [2.45, 2.75) is 44.8 Å². The van der Waals surface area contributed by atoms with Crippen LogP contribution in [0, 0.1) is 5.92 Å². The highest BCUT2D eigenvalue weighted by molar-refractivity contribution is 5.78. The number of carbonyl (C=O) groups excluding carboxylic acids is 1. The number of hydrogen-bond donors (Lipinski definition) is 1. The molecule has 0 saturated carbocycles. The fraction of sp³-hybridized carbons (Fsp3) is 0.591. The van der Waals surface area contributed by atoms with E-state index >= 15 is 0 Å². The lowest BCUT2D eigenvalue weighted by atomic mass is 9.93. The van der Waals surface area contributed by atoms with Crippen LogP contribution in [0.4, 0.5) is 0 Å². The van der Waals surface area contributed by atoms with Crippen LogP contribution in [0.15, 0.2) is 36.9 Å². The second-order valence-corrected chi connectivity index (χ2v) is 8.37. The number of carbonyl (C=O) groups is 1. The molecule has 2 aliphatic heterocycles. The Bertz CT molecular complexity index is 784. The van der Waals surface area contributed by atoms with Crippen molar-refractivity contribution < 1.29 is 4.79 Å². The zero-order valence-corrected chi connectivity index (χ0v) is 17.3. The molecule has 29 heavy (non-hydrogen) atoms. The number of nitrogens with one attached hydrogen (secondary N) is 1. The van der Waals surface area contributed by atoms with Gasteiger partial charge in [-0.15, -0.1) is 0 Å². The second-order valence-electron chi connectivity index (χ2n) is 8.37. The molecule has 1 amide bonds. The Balaban J connectivity index is 1.23. The van der Waals surface area contributed by atoms with Gasteiger partial charge in [-0.2, -0.15) is 0 Å². The van der Waals surface area contributed by atoms with Crippen LogP contribution in [0.25, 0.3) is 0 Å². The molecule has 1 unspecified atom stereocenters. The lowest BCUT2D eigenvalue weighted by Gasteiger charge is -2.42. The number of aromatic nitrogens is 3. The monoisotopic (exact) mass is 396 g/mol. The number of nitrogens with zero attached hydrogens (tertiary/aromatic N) is 5. The van der Waals surface area contributed by atoms with Gasteiger partial charge in [-0.1, -0.05) is 6.07 Å². The van der Waals surface area contributed by atoms with Gasteiger partial charge in [0.2, 0.25) is 5.91 Å². The highest BCUT2D eigenvalue weighted by Crippen LogP contribution is 2.24. The molecule has 2 fully saturated rings. The maximum atomic E-state index is 12.7.